The predicted molar refractivity (Wildman–Crippen MR) is 67.0 cm³/mol. The highest BCUT2D eigenvalue weighted by molar-refractivity contribution is 8.00. The van der Waals surface area contributed by atoms with Crippen molar-refractivity contribution >= 4 is 28.8 Å². The predicted octanol–water partition coefficient (Wildman–Crippen LogP) is 3.95. The minimum Gasteiger partial charge on any atom is -0.258 e. The maximum absolute atomic E-state index is 10.5. The Balaban J connectivity index is 1.98. The number of hydrogen-bond donors (Lipinski definition) is 0. The van der Waals surface area contributed by atoms with Crippen molar-refractivity contribution in [3.8, 4) is 0 Å². The summed E-state index contributed by atoms with van der Waals surface area (Å²) in [4.78, 5) is 10.1. The average molecular weight is 251 g/mol. The monoisotopic (exact) mass is 251 g/mol. The zero-order valence-electron chi connectivity index (χ0n) is 8.33. The molecule has 82 valence electrons. The summed E-state index contributed by atoms with van der Waals surface area (Å²) in [5.74, 6) is 0.846. The number of thiophene rings is 1. The quantitative estimate of drug-likeness (QED) is 0.469. The van der Waals surface area contributed by atoms with Gasteiger partial charge in [-0.1, -0.05) is 18.2 Å². The Bertz CT molecular complexity index is 465. The minimum atomic E-state index is -0.379. The molecule has 5 heteroatoms. The molecule has 0 aliphatic carbocycles. The molecule has 0 aliphatic heterocycles. The third-order valence-corrected chi connectivity index (χ3v) is 4.23. The second-order valence-corrected chi connectivity index (χ2v) is 5.37. The summed E-state index contributed by atoms with van der Waals surface area (Å²) in [5.41, 5.74) is 1.24. The van der Waals surface area contributed by atoms with Crippen LogP contribution in [0.1, 0.15) is 5.56 Å². The number of nitrogens with zero attached hydrogens (tertiary/aromatic N) is 1. The van der Waals surface area contributed by atoms with Gasteiger partial charge < -0.3 is 0 Å². The number of nitro benzene ring substituents is 1. The van der Waals surface area contributed by atoms with Crippen molar-refractivity contribution in [2.24, 2.45) is 0 Å². The van der Waals surface area contributed by atoms with Gasteiger partial charge in [0, 0.05) is 17.9 Å². The Morgan fingerprint density at radius 2 is 2.00 bits per heavy atom. The number of benzene rings is 1. The van der Waals surface area contributed by atoms with Crippen LogP contribution in [0.2, 0.25) is 0 Å². The Labute approximate surface area is 101 Å². The summed E-state index contributed by atoms with van der Waals surface area (Å²) in [7, 11) is 0. The van der Waals surface area contributed by atoms with E-state index in [0.29, 0.717) is 0 Å². The van der Waals surface area contributed by atoms with Crippen molar-refractivity contribution in [1.29, 1.82) is 0 Å². The van der Waals surface area contributed by atoms with Crippen molar-refractivity contribution in [2.75, 3.05) is 0 Å². The van der Waals surface area contributed by atoms with Crippen LogP contribution in [-0.2, 0) is 5.75 Å². The first-order valence-electron chi connectivity index (χ1n) is 4.65. The van der Waals surface area contributed by atoms with E-state index in [1.54, 1.807) is 47.4 Å². The zero-order chi connectivity index (χ0) is 11.4. The molecule has 0 atom stereocenters. The number of thioether (sulfide) groups is 1. The Morgan fingerprint density at radius 1 is 1.25 bits per heavy atom. The van der Waals surface area contributed by atoms with Crippen molar-refractivity contribution in [3.63, 3.8) is 0 Å². The van der Waals surface area contributed by atoms with E-state index in [4.69, 9.17) is 0 Å². The van der Waals surface area contributed by atoms with Crippen LogP contribution < -0.4 is 0 Å². The van der Waals surface area contributed by atoms with Crippen molar-refractivity contribution in [2.45, 2.75) is 9.96 Å². The lowest BCUT2D eigenvalue weighted by Crippen LogP contribution is -1.87. The van der Waals surface area contributed by atoms with Gasteiger partial charge in [0.15, 0.2) is 0 Å². The molecule has 2 rings (SSSR count). The summed E-state index contributed by atoms with van der Waals surface area (Å²) >= 11 is 3.45. The average Bonchev–Trinajstić information content (AvgIpc) is 2.80. The Kier molecular flexibility index (Phi) is 3.58. The lowest BCUT2D eigenvalue weighted by Gasteiger charge is -1.99. The molecule has 1 heterocycles. The van der Waals surface area contributed by atoms with Gasteiger partial charge in [-0.2, -0.15) is 0 Å². The van der Waals surface area contributed by atoms with E-state index >= 15 is 0 Å². The summed E-state index contributed by atoms with van der Waals surface area (Å²) in [6.07, 6.45) is 0. The van der Waals surface area contributed by atoms with Crippen LogP contribution in [0, 0.1) is 10.1 Å². The third kappa shape index (κ3) is 2.84. The Hall–Kier alpha value is -1.33. The SMILES string of the molecule is O=[N+]([O-])c1ccc(CSc2cccs2)cc1. The fraction of sp³-hybridized carbons (Fsp3) is 0.0909. The molecule has 0 spiro atoms. The van der Waals surface area contributed by atoms with Gasteiger partial charge in [-0.25, -0.2) is 0 Å². The van der Waals surface area contributed by atoms with Crippen LogP contribution in [0.15, 0.2) is 46.0 Å². The lowest BCUT2D eigenvalue weighted by molar-refractivity contribution is -0.384. The van der Waals surface area contributed by atoms with Gasteiger partial charge in [-0.05, 0) is 17.0 Å². The summed E-state index contributed by atoms with van der Waals surface area (Å²) in [5, 5.41) is 12.5. The van der Waals surface area contributed by atoms with Crippen LogP contribution in [0.25, 0.3) is 0 Å². The van der Waals surface area contributed by atoms with Crippen LogP contribution in [0.5, 0.6) is 0 Å². The molecule has 0 fully saturated rings. The molecule has 0 saturated heterocycles. The topological polar surface area (TPSA) is 43.1 Å². The highest BCUT2D eigenvalue weighted by Gasteiger charge is 2.04. The van der Waals surface area contributed by atoms with Gasteiger partial charge in [0.05, 0.1) is 9.13 Å². The largest absolute Gasteiger partial charge is 0.269 e. The molecule has 1 aromatic carbocycles. The number of nitro groups is 1. The molecular formula is C11H9NO2S2. The van der Waals surface area contributed by atoms with Gasteiger partial charge >= 0.3 is 0 Å². The van der Waals surface area contributed by atoms with E-state index in [-0.39, 0.29) is 10.6 Å². The number of non-ortho nitro benzene ring substituents is 1. The highest BCUT2D eigenvalue weighted by Crippen LogP contribution is 2.27. The molecule has 0 saturated carbocycles. The molecule has 1 aromatic heterocycles. The van der Waals surface area contributed by atoms with Crippen LogP contribution in [-0.4, -0.2) is 4.92 Å². The molecule has 0 aliphatic rings. The molecule has 16 heavy (non-hydrogen) atoms. The van der Waals surface area contributed by atoms with Crippen molar-refractivity contribution in [1.82, 2.24) is 0 Å². The van der Waals surface area contributed by atoms with Crippen LogP contribution in [0.4, 0.5) is 5.69 Å². The molecule has 0 bridgehead atoms. The minimum absolute atomic E-state index is 0.143. The van der Waals surface area contributed by atoms with Crippen molar-refractivity contribution < 1.29 is 4.92 Å². The van der Waals surface area contributed by atoms with E-state index in [0.717, 1.165) is 11.3 Å². The summed E-state index contributed by atoms with van der Waals surface area (Å²) < 4.78 is 1.26. The Morgan fingerprint density at radius 3 is 2.56 bits per heavy atom. The first-order chi connectivity index (χ1) is 7.75. The highest BCUT2D eigenvalue weighted by atomic mass is 32.2. The molecule has 0 radical (unpaired) electrons. The fourth-order valence-electron chi connectivity index (χ4n) is 1.21. The van der Waals surface area contributed by atoms with Crippen LogP contribution in [0.3, 0.4) is 0 Å². The molecule has 3 nitrogen and oxygen atoms in total. The standard InChI is InChI=1S/C11H9NO2S2/c13-12(14)10-5-3-9(4-6-10)8-16-11-2-1-7-15-11/h1-7H,8H2. The van der Waals surface area contributed by atoms with Crippen LogP contribution >= 0.6 is 23.1 Å². The van der Waals surface area contributed by atoms with Gasteiger partial charge in [-0.3, -0.25) is 10.1 Å². The molecule has 0 amide bonds. The number of rotatable bonds is 4. The second-order valence-electron chi connectivity index (χ2n) is 3.14. The van der Waals surface area contributed by atoms with E-state index in [2.05, 4.69) is 6.07 Å². The second kappa shape index (κ2) is 5.14. The normalized spacial score (nSPS) is 10.2. The zero-order valence-corrected chi connectivity index (χ0v) is 9.96. The summed E-state index contributed by atoms with van der Waals surface area (Å²) in [6.45, 7) is 0. The van der Waals surface area contributed by atoms with E-state index in [1.165, 1.54) is 4.21 Å². The first-order valence-corrected chi connectivity index (χ1v) is 6.52. The molecule has 2 aromatic rings. The molecular weight excluding hydrogens is 242 g/mol. The van der Waals surface area contributed by atoms with Crippen molar-refractivity contribution in [3.05, 3.63) is 57.5 Å². The fourth-order valence-corrected chi connectivity index (χ4v) is 2.95. The van der Waals surface area contributed by atoms with E-state index in [9.17, 15) is 10.1 Å². The van der Waals surface area contributed by atoms with Gasteiger partial charge in [0.1, 0.15) is 0 Å². The van der Waals surface area contributed by atoms with Gasteiger partial charge in [0.2, 0.25) is 0 Å². The lowest BCUT2D eigenvalue weighted by atomic mass is 10.2. The smallest absolute Gasteiger partial charge is 0.258 e. The summed E-state index contributed by atoms with van der Waals surface area (Å²) in [6, 6.07) is 10.8. The van der Waals surface area contributed by atoms with E-state index in [1.807, 2.05) is 11.4 Å². The maximum Gasteiger partial charge on any atom is 0.269 e. The van der Waals surface area contributed by atoms with Gasteiger partial charge in [-0.15, -0.1) is 23.1 Å². The van der Waals surface area contributed by atoms with Gasteiger partial charge in [0.25, 0.3) is 5.69 Å². The molecule has 0 unspecified atom stereocenters. The van der Waals surface area contributed by atoms with E-state index < -0.39 is 0 Å². The molecule has 0 N–H and O–H groups in total. The third-order valence-electron chi connectivity index (χ3n) is 2.02. The maximum atomic E-state index is 10.5. The number of hydrogen-bond acceptors (Lipinski definition) is 4. The first kappa shape index (κ1) is 11.2.